The van der Waals surface area contributed by atoms with Crippen molar-refractivity contribution in [1.82, 2.24) is 19.6 Å². The standard InChI is InChI=1S/C15H26F2N4O2/c1-18(2)11-5-7-20(9-11)13(22)15(16,17)14(23)21-8-6-12(10-21)19(3)4/h11-12H,5-10H2,1-4H3/t11-,12-/m1/s1. The van der Waals surface area contributed by atoms with E-state index in [-0.39, 0.29) is 38.3 Å². The summed E-state index contributed by atoms with van der Waals surface area (Å²) in [6, 6.07) is 0.129. The van der Waals surface area contributed by atoms with Crippen LogP contribution < -0.4 is 0 Å². The lowest BCUT2D eigenvalue weighted by Gasteiger charge is -2.27. The quantitative estimate of drug-likeness (QED) is 0.677. The largest absolute Gasteiger partial charge is 0.401 e. The van der Waals surface area contributed by atoms with E-state index in [0.717, 1.165) is 9.80 Å². The highest BCUT2D eigenvalue weighted by atomic mass is 19.3. The molecule has 8 heteroatoms. The molecule has 2 rings (SSSR count). The minimum Gasteiger partial charge on any atom is -0.335 e. The molecule has 0 aromatic heterocycles. The minimum absolute atomic E-state index is 0.0646. The third-order valence-corrected chi connectivity index (χ3v) is 4.90. The Morgan fingerprint density at radius 2 is 1.22 bits per heavy atom. The molecule has 0 radical (unpaired) electrons. The number of hydrogen-bond donors (Lipinski definition) is 0. The van der Waals surface area contributed by atoms with E-state index in [2.05, 4.69) is 0 Å². The molecule has 2 atom stereocenters. The number of carbonyl (C=O) groups excluding carboxylic acids is 2. The smallest absolute Gasteiger partial charge is 0.335 e. The van der Waals surface area contributed by atoms with Gasteiger partial charge in [-0.15, -0.1) is 0 Å². The van der Waals surface area contributed by atoms with Crippen molar-refractivity contribution in [2.45, 2.75) is 30.8 Å². The summed E-state index contributed by atoms with van der Waals surface area (Å²) in [6.45, 7) is 1.03. The lowest BCUT2D eigenvalue weighted by Crippen LogP contribution is -2.53. The second kappa shape index (κ2) is 6.68. The first-order valence-electron chi connectivity index (χ1n) is 7.94. The van der Waals surface area contributed by atoms with Crippen molar-refractivity contribution in [2.24, 2.45) is 0 Å². The van der Waals surface area contributed by atoms with Crippen molar-refractivity contribution >= 4 is 11.8 Å². The Morgan fingerprint density at radius 1 is 0.870 bits per heavy atom. The van der Waals surface area contributed by atoms with Crippen LogP contribution in [-0.2, 0) is 9.59 Å². The van der Waals surface area contributed by atoms with Crippen LogP contribution in [0.3, 0.4) is 0 Å². The van der Waals surface area contributed by atoms with Gasteiger partial charge in [-0.05, 0) is 41.0 Å². The summed E-state index contributed by atoms with van der Waals surface area (Å²) in [5.74, 6) is -6.69. The molecule has 2 amide bonds. The van der Waals surface area contributed by atoms with E-state index in [1.165, 1.54) is 0 Å². The highest BCUT2D eigenvalue weighted by Gasteiger charge is 2.53. The number of carbonyl (C=O) groups is 2. The van der Waals surface area contributed by atoms with E-state index < -0.39 is 17.7 Å². The Bertz CT molecular complexity index is 430. The molecule has 23 heavy (non-hydrogen) atoms. The first kappa shape index (κ1) is 18.1. The summed E-state index contributed by atoms with van der Waals surface area (Å²) in [6.07, 6.45) is 1.30. The van der Waals surface area contributed by atoms with Gasteiger partial charge in [-0.1, -0.05) is 0 Å². The van der Waals surface area contributed by atoms with Crippen LogP contribution in [0.1, 0.15) is 12.8 Å². The van der Waals surface area contributed by atoms with Gasteiger partial charge in [0.25, 0.3) is 0 Å². The molecule has 0 aliphatic carbocycles. The molecule has 2 heterocycles. The zero-order valence-corrected chi connectivity index (χ0v) is 14.3. The van der Waals surface area contributed by atoms with Crippen molar-refractivity contribution in [2.75, 3.05) is 54.4 Å². The Kier molecular flexibility index (Phi) is 5.25. The molecule has 2 aliphatic rings. The van der Waals surface area contributed by atoms with Crippen molar-refractivity contribution in [3.05, 3.63) is 0 Å². The number of alkyl halides is 2. The van der Waals surface area contributed by atoms with E-state index in [9.17, 15) is 18.4 Å². The summed E-state index contributed by atoms with van der Waals surface area (Å²) in [7, 11) is 7.42. The number of hydrogen-bond acceptors (Lipinski definition) is 4. The maximum atomic E-state index is 14.4. The third-order valence-electron chi connectivity index (χ3n) is 4.90. The lowest BCUT2D eigenvalue weighted by atomic mass is 10.2. The second-order valence-electron chi connectivity index (χ2n) is 6.89. The normalized spacial score (nSPS) is 25.7. The van der Waals surface area contributed by atoms with Crippen LogP contribution in [0, 0.1) is 0 Å². The van der Waals surface area contributed by atoms with Gasteiger partial charge in [0.15, 0.2) is 0 Å². The average Bonchev–Trinajstić information content (AvgIpc) is 3.14. The highest BCUT2D eigenvalue weighted by Crippen LogP contribution is 2.26. The molecule has 0 unspecified atom stereocenters. The Labute approximate surface area is 136 Å². The topological polar surface area (TPSA) is 47.1 Å². The number of likely N-dealkylation sites (N-methyl/N-ethyl adjacent to an activating group) is 2. The molecule has 0 aromatic rings. The number of halogens is 2. The van der Waals surface area contributed by atoms with E-state index in [1.54, 1.807) is 0 Å². The molecule has 132 valence electrons. The van der Waals surface area contributed by atoms with E-state index in [0.29, 0.717) is 12.8 Å². The maximum Gasteiger partial charge on any atom is 0.401 e. The fourth-order valence-electron chi connectivity index (χ4n) is 3.18. The van der Waals surface area contributed by atoms with Crippen LogP contribution in [-0.4, -0.2) is 104 Å². The SMILES string of the molecule is CN(C)[C@@H]1CCN(C(=O)C(F)(F)C(=O)N2CC[C@@H](N(C)C)C2)C1. The van der Waals surface area contributed by atoms with Gasteiger partial charge in [0.05, 0.1) is 0 Å². The van der Waals surface area contributed by atoms with Gasteiger partial charge in [0.2, 0.25) is 0 Å². The third kappa shape index (κ3) is 3.63. The summed E-state index contributed by atoms with van der Waals surface area (Å²) in [4.78, 5) is 30.3. The summed E-state index contributed by atoms with van der Waals surface area (Å²) in [5.41, 5.74) is 0. The van der Waals surface area contributed by atoms with Crippen LogP contribution in [0.25, 0.3) is 0 Å². The van der Waals surface area contributed by atoms with Gasteiger partial charge in [-0.3, -0.25) is 9.59 Å². The average molecular weight is 332 g/mol. The number of amides is 2. The summed E-state index contributed by atoms with van der Waals surface area (Å²) < 4.78 is 28.7. The van der Waals surface area contributed by atoms with Gasteiger partial charge in [-0.25, -0.2) is 0 Å². The predicted octanol–water partition coefficient (Wildman–Crippen LogP) is -0.0533. The fraction of sp³-hybridized carbons (Fsp3) is 0.867. The maximum absolute atomic E-state index is 14.4. The van der Waals surface area contributed by atoms with Crippen LogP contribution >= 0.6 is 0 Å². The van der Waals surface area contributed by atoms with Gasteiger partial charge < -0.3 is 19.6 Å². The van der Waals surface area contributed by atoms with Gasteiger partial charge >= 0.3 is 17.7 Å². The Balaban J connectivity index is 2.00. The molecule has 2 fully saturated rings. The zero-order chi connectivity index (χ0) is 17.4. The van der Waals surface area contributed by atoms with Crippen molar-refractivity contribution < 1.29 is 18.4 Å². The first-order chi connectivity index (χ1) is 10.6. The van der Waals surface area contributed by atoms with Gasteiger partial charge in [-0.2, -0.15) is 8.78 Å². The molecule has 2 aliphatic heterocycles. The first-order valence-corrected chi connectivity index (χ1v) is 7.94. The summed E-state index contributed by atoms with van der Waals surface area (Å²) >= 11 is 0. The molecule has 2 saturated heterocycles. The summed E-state index contributed by atoms with van der Waals surface area (Å²) in [5, 5.41) is 0. The molecule has 0 saturated carbocycles. The van der Waals surface area contributed by atoms with Crippen molar-refractivity contribution in [1.29, 1.82) is 0 Å². The monoisotopic (exact) mass is 332 g/mol. The second-order valence-corrected chi connectivity index (χ2v) is 6.89. The Morgan fingerprint density at radius 3 is 1.48 bits per heavy atom. The van der Waals surface area contributed by atoms with Crippen LogP contribution in [0.2, 0.25) is 0 Å². The number of rotatable bonds is 4. The lowest BCUT2D eigenvalue weighted by molar-refractivity contribution is -0.172. The molecule has 0 N–H and O–H groups in total. The molecule has 0 spiro atoms. The van der Waals surface area contributed by atoms with Gasteiger partial charge in [0, 0.05) is 38.3 Å². The van der Waals surface area contributed by atoms with Crippen molar-refractivity contribution in [3.63, 3.8) is 0 Å². The van der Waals surface area contributed by atoms with Crippen LogP contribution in [0.4, 0.5) is 8.78 Å². The van der Waals surface area contributed by atoms with E-state index in [1.807, 2.05) is 38.0 Å². The highest BCUT2D eigenvalue weighted by molar-refractivity contribution is 6.06. The van der Waals surface area contributed by atoms with Crippen LogP contribution in [0.5, 0.6) is 0 Å². The number of nitrogens with zero attached hydrogens (tertiary/aromatic N) is 4. The molecule has 0 aromatic carbocycles. The fourth-order valence-corrected chi connectivity index (χ4v) is 3.18. The van der Waals surface area contributed by atoms with E-state index in [4.69, 9.17) is 0 Å². The molecular formula is C15H26F2N4O2. The Hall–Kier alpha value is -1.28. The minimum atomic E-state index is -3.97. The zero-order valence-electron chi connectivity index (χ0n) is 14.3. The van der Waals surface area contributed by atoms with Crippen molar-refractivity contribution in [3.8, 4) is 0 Å². The van der Waals surface area contributed by atoms with Gasteiger partial charge in [0.1, 0.15) is 0 Å². The molecule has 0 bridgehead atoms. The van der Waals surface area contributed by atoms with E-state index >= 15 is 0 Å². The molecule has 6 nitrogen and oxygen atoms in total. The number of likely N-dealkylation sites (tertiary alicyclic amines) is 2. The van der Waals surface area contributed by atoms with Crippen LogP contribution in [0.15, 0.2) is 0 Å². The molecular weight excluding hydrogens is 306 g/mol. The predicted molar refractivity (Wildman–Crippen MR) is 82.3 cm³/mol.